The number of aromatic hydroxyl groups is 2. The SMILES string of the molecule is Oc1c(-c2c[nH]c3ccccc23)c(-c2ccccc2)n(CCCn2ccnc2)c1O. The van der Waals surface area contributed by atoms with E-state index in [2.05, 4.69) is 9.97 Å². The molecule has 0 aliphatic carbocycles. The zero-order valence-electron chi connectivity index (χ0n) is 16.4. The van der Waals surface area contributed by atoms with Gasteiger partial charge in [-0.15, -0.1) is 0 Å². The van der Waals surface area contributed by atoms with E-state index in [-0.39, 0.29) is 11.6 Å². The summed E-state index contributed by atoms with van der Waals surface area (Å²) in [5.74, 6) is -0.207. The van der Waals surface area contributed by atoms with E-state index in [1.165, 1.54) is 0 Å². The summed E-state index contributed by atoms with van der Waals surface area (Å²) in [4.78, 5) is 7.35. The van der Waals surface area contributed by atoms with Crippen LogP contribution in [-0.4, -0.2) is 29.3 Å². The topological polar surface area (TPSA) is 79.0 Å². The van der Waals surface area contributed by atoms with Crippen molar-refractivity contribution in [2.45, 2.75) is 19.5 Å². The van der Waals surface area contributed by atoms with Crippen molar-refractivity contribution in [2.24, 2.45) is 0 Å². The molecule has 0 saturated carbocycles. The molecular formula is C24H22N4O2. The lowest BCUT2D eigenvalue weighted by Gasteiger charge is -2.12. The second-order valence-corrected chi connectivity index (χ2v) is 7.32. The molecule has 0 atom stereocenters. The Labute approximate surface area is 173 Å². The molecule has 0 aliphatic rings. The molecule has 0 unspecified atom stereocenters. The first-order valence-electron chi connectivity index (χ1n) is 9.96. The molecule has 150 valence electrons. The monoisotopic (exact) mass is 398 g/mol. The van der Waals surface area contributed by atoms with Crippen molar-refractivity contribution < 1.29 is 10.2 Å². The van der Waals surface area contributed by atoms with Crippen LogP contribution < -0.4 is 0 Å². The summed E-state index contributed by atoms with van der Waals surface area (Å²) in [5, 5.41) is 22.8. The Hall–Kier alpha value is -3.93. The summed E-state index contributed by atoms with van der Waals surface area (Å²) in [5.41, 5.74) is 4.24. The fourth-order valence-electron chi connectivity index (χ4n) is 4.07. The molecule has 5 aromatic rings. The lowest BCUT2D eigenvalue weighted by Crippen LogP contribution is -2.04. The van der Waals surface area contributed by atoms with Crippen LogP contribution >= 0.6 is 0 Å². The summed E-state index contributed by atoms with van der Waals surface area (Å²) in [7, 11) is 0. The van der Waals surface area contributed by atoms with Crippen LogP contribution in [0.3, 0.4) is 0 Å². The maximum Gasteiger partial charge on any atom is 0.235 e. The van der Waals surface area contributed by atoms with Gasteiger partial charge in [-0.25, -0.2) is 4.98 Å². The quantitative estimate of drug-likeness (QED) is 0.376. The minimum Gasteiger partial charge on any atom is -0.503 e. The highest BCUT2D eigenvalue weighted by Crippen LogP contribution is 2.48. The molecule has 0 bridgehead atoms. The number of rotatable bonds is 6. The highest BCUT2D eigenvalue weighted by Gasteiger charge is 2.26. The van der Waals surface area contributed by atoms with Gasteiger partial charge in [0.1, 0.15) is 0 Å². The van der Waals surface area contributed by atoms with Gasteiger partial charge < -0.3 is 24.3 Å². The van der Waals surface area contributed by atoms with Crippen LogP contribution in [0.15, 0.2) is 79.5 Å². The summed E-state index contributed by atoms with van der Waals surface area (Å²) >= 11 is 0. The molecule has 0 spiro atoms. The Kier molecular flexibility index (Phi) is 4.52. The summed E-state index contributed by atoms with van der Waals surface area (Å²) < 4.78 is 3.81. The van der Waals surface area contributed by atoms with Crippen molar-refractivity contribution >= 4 is 10.9 Å². The number of nitrogens with zero attached hydrogens (tertiary/aromatic N) is 3. The second kappa shape index (κ2) is 7.48. The molecular weight excluding hydrogens is 376 g/mol. The number of aromatic amines is 1. The third-order valence-electron chi connectivity index (χ3n) is 5.47. The van der Waals surface area contributed by atoms with Crippen molar-refractivity contribution in [3.8, 4) is 34.0 Å². The van der Waals surface area contributed by atoms with E-state index in [9.17, 15) is 10.2 Å². The number of H-pyrrole nitrogens is 1. The van der Waals surface area contributed by atoms with Crippen molar-refractivity contribution in [3.05, 3.63) is 79.5 Å². The van der Waals surface area contributed by atoms with Crippen LogP contribution in [0.25, 0.3) is 33.3 Å². The second-order valence-electron chi connectivity index (χ2n) is 7.32. The van der Waals surface area contributed by atoms with Gasteiger partial charge in [0.05, 0.1) is 17.6 Å². The van der Waals surface area contributed by atoms with E-state index in [0.29, 0.717) is 12.1 Å². The first-order valence-corrected chi connectivity index (χ1v) is 9.96. The molecule has 0 fully saturated rings. The highest BCUT2D eigenvalue weighted by atomic mass is 16.3. The molecule has 6 heteroatoms. The van der Waals surface area contributed by atoms with Crippen molar-refractivity contribution in [2.75, 3.05) is 0 Å². The van der Waals surface area contributed by atoms with E-state index >= 15 is 0 Å². The van der Waals surface area contributed by atoms with Crippen LogP contribution in [0.1, 0.15) is 6.42 Å². The van der Waals surface area contributed by atoms with Crippen LogP contribution in [0, 0.1) is 0 Å². The molecule has 0 amide bonds. The van der Waals surface area contributed by atoms with Gasteiger partial charge in [-0.05, 0) is 18.1 Å². The minimum absolute atomic E-state index is 0.0961. The Morgan fingerprint density at radius 1 is 0.933 bits per heavy atom. The third kappa shape index (κ3) is 3.03. The van der Waals surface area contributed by atoms with Crippen molar-refractivity contribution in [1.82, 2.24) is 19.1 Å². The fraction of sp³-hybridized carbons (Fsp3) is 0.125. The average molecular weight is 398 g/mol. The predicted molar refractivity (Wildman–Crippen MR) is 117 cm³/mol. The molecule has 0 aliphatic heterocycles. The van der Waals surface area contributed by atoms with Crippen molar-refractivity contribution in [1.29, 1.82) is 0 Å². The third-order valence-corrected chi connectivity index (χ3v) is 5.47. The fourth-order valence-corrected chi connectivity index (χ4v) is 4.07. The van der Waals surface area contributed by atoms with E-state index in [1.807, 2.05) is 71.6 Å². The van der Waals surface area contributed by atoms with Gasteiger partial charge in [0.25, 0.3) is 0 Å². The lowest BCUT2D eigenvalue weighted by molar-refractivity contribution is 0.369. The normalized spacial score (nSPS) is 11.3. The number of hydrogen-bond acceptors (Lipinski definition) is 3. The number of aryl methyl sites for hydroxylation is 1. The molecule has 5 rings (SSSR count). The first-order chi connectivity index (χ1) is 14.7. The van der Waals surface area contributed by atoms with Crippen LogP contribution in [0.2, 0.25) is 0 Å². The van der Waals surface area contributed by atoms with Gasteiger partial charge in [0, 0.05) is 48.1 Å². The largest absolute Gasteiger partial charge is 0.503 e. The number of fused-ring (bicyclic) bond motifs is 1. The van der Waals surface area contributed by atoms with Gasteiger partial charge in [0.15, 0.2) is 5.75 Å². The van der Waals surface area contributed by atoms with E-state index in [1.54, 1.807) is 17.1 Å². The molecule has 3 N–H and O–H groups in total. The molecule has 2 aromatic carbocycles. The number of para-hydroxylation sites is 1. The Balaban J connectivity index is 1.65. The minimum atomic E-state index is -0.111. The van der Waals surface area contributed by atoms with Crippen LogP contribution in [0.5, 0.6) is 11.6 Å². The van der Waals surface area contributed by atoms with E-state index < -0.39 is 0 Å². The Morgan fingerprint density at radius 2 is 1.73 bits per heavy atom. The van der Waals surface area contributed by atoms with Gasteiger partial charge in [0.2, 0.25) is 5.88 Å². The molecule has 30 heavy (non-hydrogen) atoms. The maximum atomic E-state index is 11.0. The van der Waals surface area contributed by atoms with Gasteiger partial charge in [-0.1, -0.05) is 48.5 Å². The first kappa shape index (κ1) is 18.1. The van der Waals surface area contributed by atoms with Gasteiger partial charge in [-0.3, -0.25) is 0 Å². The Morgan fingerprint density at radius 3 is 2.53 bits per heavy atom. The number of nitrogens with one attached hydrogen (secondary N) is 1. The number of imidazole rings is 1. The Bertz CT molecular complexity index is 1280. The number of benzene rings is 2. The number of aromatic nitrogens is 4. The maximum absolute atomic E-state index is 11.0. The van der Waals surface area contributed by atoms with Crippen molar-refractivity contribution in [3.63, 3.8) is 0 Å². The van der Waals surface area contributed by atoms with Gasteiger partial charge in [-0.2, -0.15) is 0 Å². The molecule has 0 radical (unpaired) electrons. The van der Waals surface area contributed by atoms with Crippen LogP contribution in [0.4, 0.5) is 0 Å². The van der Waals surface area contributed by atoms with E-state index in [0.717, 1.165) is 40.7 Å². The molecule has 6 nitrogen and oxygen atoms in total. The average Bonchev–Trinajstić information content (AvgIpc) is 3.50. The lowest BCUT2D eigenvalue weighted by atomic mass is 10.00. The summed E-state index contributed by atoms with van der Waals surface area (Å²) in [6, 6.07) is 17.8. The zero-order valence-corrected chi connectivity index (χ0v) is 16.4. The molecule has 3 aromatic heterocycles. The predicted octanol–water partition coefficient (Wildman–Crippen LogP) is 5.00. The number of hydrogen-bond donors (Lipinski definition) is 3. The van der Waals surface area contributed by atoms with Gasteiger partial charge >= 0.3 is 0 Å². The molecule has 3 heterocycles. The zero-order chi connectivity index (χ0) is 20.5. The van der Waals surface area contributed by atoms with E-state index in [4.69, 9.17) is 0 Å². The summed E-state index contributed by atoms with van der Waals surface area (Å²) in [6.07, 6.45) is 8.13. The highest BCUT2D eigenvalue weighted by molar-refractivity contribution is 6.02. The summed E-state index contributed by atoms with van der Waals surface area (Å²) in [6.45, 7) is 1.33. The van der Waals surface area contributed by atoms with Crippen LogP contribution in [-0.2, 0) is 13.1 Å². The smallest absolute Gasteiger partial charge is 0.235 e. The molecule has 0 saturated heterocycles. The standard InChI is InChI=1S/C24H22N4O2/c29-23-21(19-15-26-20-10-5-4-9-18(19)20)22(17-7-2-1-3-8-17)28(24(23)30)13-6-12-27-14-11-25-16-27/h1-5,7-11,14-16,26,29-30H,6,12-13H2.